The third kappa shape index (κ3) is 2.94. The topological polar surface area (TPSA) is 94.2 Å². The number of anilines is 1. The summed E-state index contributed by atoms with van der Waals surface area (Å²) in [6.45, 7) is 2.24. The number of amides is 1. The van der Waals surface area contributed by atoms with E-state index in [4.69, 9.17) is 0 Å². The van der Waals surface area contributed by atoms with Crippen LogP contribution in [0.3, 0.4) is 0 Å². The van der Waals surface area contributed by atoms with Crippen LogP contribution in [0.2, 0.25) is 0 Å². The second-order valence-electron chi connectivity index (χ2n) is 5.14. The number of hydrogen-bond acceptors (Lipinski definition) is 5. The Morgan fingerprint density at radius 1 is 1.25 bits per heavy atom. The van der Waals surface area contributed by atoms with Gasteiger partial charge in [0.15, 0.2) is 0 Å². The van der Waals surface area contributed by atoms with Crippen molar-refractivity contribution in [2.24, 2.45) is 0 Å². The molecule has 0 aliphatic carbocycles. The third-order valence-corrected chi connectivity index (χ3v) is 3.66. The fourth-order valence-corrected chi connectivity index (χ4v) is 2.59. The number of hydrogen-bond donors (Lipinski definition) is 0. The number of aromatic nitrogens is 3. The van der Waals surface area contributed by atoms with Crippen LogP contribution in [-0.4, -0.2) is 32.1 Å². The Labute approximate surface area is 137 Å². The highest BCUT2D eigenvalue weighted by molar-refractivity contribution is 6.03. The molecule has 0 saturated carbocycles. The highest BCUT2D eigenvalue weighted by Crippen LogP contribution is 2.26. The molecule has 0 N–H and O–H groups in total. The zero-order valence-electron chi connectivity index (χ0n) is 13.0. The number of carbonyl (C=O) groups excluding carboxylic acids is 1. The standard InChI is InChI=1S/C16H15N5O3/c1-2-20(14-9-5-7-12-6-3-4-8-13(12)14)15(22)10-19-11-17-16(18-19)21(23)24/h3-9,11H,2,10H2,1H3. The second kappa shape index (κ2) is 6.45. The predicted octanol–water partition coefficient (Wildman–Crippen LogP) is 2.39. The summed E-state index contributed by atoms with van der Waals surface area (Å²) in [7, 11) is 0. The fourth-order valence-electron chi connectivity index (χ4n) is 2.59. The molecule has 0 aliphatic rings. The lowest BCUT2D eigenvalue weighted by Crippen LogP contribution is -2.34. The van der Waals surface area contributed by atoms with Gasteiger partial charge in [0.05, 0.1) is 5.69 Å². The first-order chi connectivity index (χ1) is 11.6. The van der Waals surface area contributed by atoms with Crippen molar-refractivity contribution < 1.29 is 9.72 Å². The first kappa shape index (κ1) is 15.6. The smallest absolute Gasteiger partial charge is 0.390 e. The van der Waals surface area contributed by atoms with Gasteiger partial charge in [0.1, 0.15) is 6.54 Å². The van der Waals surface area contributed by atoms with E-state index in [0.717, 1.165) is 16.5 Å². The molecule has 1 amide bonds. The maximum Gasteiger partial charge on any atom is 0.490 e. The van der Waals surface area contributed by atoms with E-state index in [1.165, 1.54) is 11.0 Å². The van der Waals surface area contributed by atoms with Gasteiger partial charge in [-0.1, -0.05) is 41.4 Å². The first-order valence-corrected chi connectivity index (χ1v) is 7.42. The monoisotopic (exact) mass is 325 g/mol. The number of benzene rings is 2. The van der Waals surface area contributed by atoms with Gasteiger partial charge in [0.2, 0.25) is 12.2 Å². The normalized spacial score (nSPS) is 10.7. The lowest BCUT2D eigenvalue weighted by molar-refractivity contribution is -0.394. The average Bonchev–Trinajstić information content (AvgIpc) is 3.04. The van der Waals surface area contributed by atoms with E-state index in [-0.39, 0.29) is 12.5 Å². The first-order valence-electron chi connectivity index (χ1n) is 7.42. The van der Waals surface area contributed by atoms with Gasteiger partial charge in [0, 0.05) is 17.0 Å². The van der Waals surface area contributed by atoms with Crippen LogP contribution in [0.25, 0.3) is 10.8 Å². The van der Waals surface area contributed by atoms with Crippen LogP contribution in [0.4, 0.5) is 11.6 Å². The van der Waals surface area contributed by atoms with Gasteiger partial charge in [-0.15, -0.1) is 0 Å². The van der Waals surface area contributed by atoms with Crippen molar-refractivity contribution in [3.63, 3.8) is 0 Å². The van der Waals surface area contributed by atoms with Gasteiger partial charge in [0.25, 0.3) is 0 Å². The van der Waals surface area contributed by atoms with Crippen LogP contribution < -0.4 is 4.90 Å². The summed E-state index contributed by atoms with van der Waals surface area (Å²) >= 11 is 0. The summed E-state index contributed by atoms with van der Waals surface area (Å²) in [5.74, 6) is -0.732. The molecule has 0 aliphatic heterocycles. The fraction of sp³-hybridized carbons (Fsp3) is 0.188. The molecule has 3 aromatic rings. The Morgan fingerprint density at radius 3 is 2.71 bits per heavy atom. The number of carbonyl (C=O) groups is 1. The molecule has 0 bridgehead atoms. The lowest BCUT2D eigenvalue weighted by Gasteiger charge is -2.22. The highest BCUT2D eigenvalue weighted by Gasteiger charge is 2.20. The molecule has 24 heavy (non-hydrogen) atoms. The molecule has 1 aromatic heterocycles. The molecule has 8 nitrogen and oxygen atoms in total. The number of rotatable bonds is 5. The maximum absolute atomic E-state index is 12.6. The minimum absolute atomic E-state index is 0.113. The number of fused-ring (bicyclic) bond motifs is 1. The molecular formula is C16H15N5O3. The summed E-state index contributed by atoms with van der Waals surface area (Å²) < 4.78 is 1.17. The zero-order chi connectivity index (χ0) is 17.1. The van der Waals surface area contributed by atoms with Gasteiger partial charge < -0.3 is 15.0 Å². The Balaban J connectivity index is 1.89. The quantitative estimate of drug-likeness (QED) is 0.530. The van der Waals surface area contributed by atoms with E-state index >= 15 is 0 Å². The van der Waals surface area contributed by atoms with Gasteiger partial charge in [-0.3, -0.25) is 4.79 Å². The number of nitrogens with zero attached hydrogens (tertiary/aromatic N) is 5. The van der Waals surface area contributed by atoms with Crippen LogP contribution in [0, 0.1) is 10.1 Å². The average molecular weight is 325 g/mol. The molecule has 0 atom stereocenters. The van der Waals surface area contributed by atoms with E-state index in [0.29, 0.717) is 6.54 Å². The molecule has 0 spiro atoms. The molecule has 0 radical (unpaired) electrons. The van der Waals surface area contributed by atoms with Gasteiger partial charge in [-0.05, 0) is 23.3 Å². The third-order valence-electron chi connectivity index (χ3n) is 3.66. The molecular weight excluding hydrogens is 310 g/mol. The highest BCUT2D eigenvalue weighted by atomic mass is 16.6. The van der Waals surface area contributed by atoms with E-state index in [1.807, 2.05) is 49.4 Å². The molecule has 0 saturated heterocycles. The molecule has 1 heterocycles. The summed E-state index contributed by atoms with van der Waals surface area (Å²) in [5, 5.41) is 16.3. The summed E-state index contributed by atoms with van der Waals surface area (Å²) in [6, 6.07) is 13.6. The minimum Gasteiger partial charge on any atom is -0.390 e. The predicted molar refractivity (Wildman–Crippen MR) is 88.7 cm³/mol. The molecule has 122 valence electrons. The Bertz CT molecular complexity index is 900. The largest absolute Gasteiger partial charge is 0.490 e. The van der Waals surface area contributed by atoms with Crippen LogP contribution >= 0.6 is 0 Å². The lowest BCUT2D eigenvalue weighted by atomic mass is 10.1. The molecule has 0 unspecified atom stereocenters. The van der Waals surface area contributed by atoms with E-state index in [9.17, 15) is 14.9 Å². The molecule has 2 aromatic carbocycles. The van der Waals surface area contributed by atoms with Crippen molar-refractivity contribution in [3.05, 3.63) is 58.9 Å². The van der Waals surface area contributed by atoms with Crippen LogP contribution in [0.5, 0.6) is 0 Å². The van der Waals surface area contributed by atoms with E-state index in [1.54, 1.807) is 4.90 Å². The maximum atomic E-state index is 12.6. The number of nitro groups is 1. The van der Waals surface area contributed by atoms with Crippen molar-refractivity contribution in [3.8, 4) is 0 Å². The minimum atomic E-state index is -0.691. The Hall–Kier alpha value is -3.29. The molecule has 0 fully saturated rings. The van der Waals surface area contributed by atoms with Crippen molar-refractivity contribution in [1.82, 2.24) is 14.8 Å². The van der Waals surface area contributed by atoms with Crippen molar-refractivity contribution >= 4 is 28.3 Å². The van der Waals surface area contributed by atoms with Crippen LogP contribution in [0.1, 0.15) is 6.92 Å². The van der Waals surface area contributed by atoms with Crippen molar-refractivity contribution in [1.29, 1.82) is 0 Å². The zero-order valence-corrected chi connectivity index (χ0v) is 13.0. The van der Waals surface area contributed by atoms with Crippen LogP contribution in [-0.2, 0) is 11.3 Å². The van der Waals surface area contributed by atoms with Gasteiger partial charge in [-0.2, -0.15) is 4.68 Å². The molecule has 3 rings (SSSR count). The number of likely N-dealkylation sites (N-methyl/N-ethyl adjacent to an activating group) is 1. The van der Waals surface area contributed by atoms with Crippen LogP contribution in [0.15, 0.2) is 48.8 Å². The van der Waals surface area contributed by atoms with Gasteiger partial charge in [-0.25, -0.2) is 0 Å². The SMILES string of the molecule is CCN(C(=O)Cn1cnc([N+](=O)[O-])n1)c1cccc2ccccc12. The molecule has 8 heteroatoms. The summed E-state index contributed by atoms with van der Waals surface area (Å²) in [4.78, 5) is 27.8. The van der Waals surface area contributed by atoms with Crippen molar-refractivity contribution in [2.75, 3.05) is 11.4 Å². The Morgan fingerprint density at radius 2 is 2.00 bits per heavy atom. The van der Waals surface area contributed by atoms with E-state index in [2.05, 4.69) is 10.1 Å². The second-order valence-corrected chi connectivity index (χ2v) is 5.14. The summed E-state index contributed by atoms with van der Waals surface area (Å²) in [5.41, 5.74) is 0.801. The van der Waals surface area contributed by atoms with Crippen molar-refractivity contribution in [2.45, 2.75) is 13.5 Å². The van der Waals surface area contributed by atoms with Gasteiger partial charge >= 0.3 is 5.95 Å². The van der Waals surface area contributed by atoms with E-state index < -0.39 is 10.9 Å². The summed E-state index contributed by atoms with van der Waals surface area (Å²) in [6.07, 6.45) is 1.19. The Kier molecular flexibility index (Phi) is 4.19.